The Kier molecular flexibility index (Phi) is 3.64. The number of nitrogens with two attached hydrogens (primary N) is 1. The molecule has 12 heavy (non-hydrogen) atoms. The summed E-state index contributed by atoms with van der Waals surface area (Å²) in [6.45, 7) is 2.20. The van der Waals surface area contributed by atoms with Crippen molar-refractivity contribution in [2.45, 2.75) is 39.0 Å². The molecule has 0 aromatic carbocycles. The van der Waals surface area contributed by atoms with E-state index < -0.39 is 0 Å². The number of nitrogen functional groups attached to an aromatic ring is 1. The number of hydrogen-bond acceptors (Lipinski definition) is 3. The smallest absolute Gasteiger partial charge is 0.159 e. The molecule has 0 saturated carbocycles. The molecule has 2 N–H and O–H groups in total. The third-order valence-corrected chi connectivity index (χ3v) is 1.93. The van der Waals surface area contributed by atoms with Crippen molar-refractivity contribution in [1.82, 2.24) is 5.16 Å². The fourth-order valence-electron chi connectivity index (χ4n) is 1.17. The number of aromatic nitrogens is 1. The molecule has 3 nitrogen and oxygen atoms in total. The second-order valence-corrected chi connectivity index (χ2v) is 3.01. The van der Waals surface area contributed by atoms with Crippen LogP contribution in [-0.4, -0.2) is 5.16 Å². The van der Waals surface area contributed by atoms with Crippen molar-refractivity contribution >= 4 is 5.69 Å². The lowest BCUT2D eigenvalue weighted by atomic mass is 10.1. The minimum absolute atomic E-state index is 0.687. The van der Waals surface area contributed by atoms with E-state index in [1.54, 1.807) is 6.20 Å². The number of aryl methyl sites for hydroxylation is 1. The molecule has 0 bridgehead atoms. The van der Waals surface area contributed by atoms with Crippen molar-refractivity contribution in [3.05, 3.63) is 12.0 Å². The number of anilines is 1. The van der Waals surface area contributed by atoms with Crippen LogP contribution in [0.3, 0.4) is 0 Å². The van der Waals surface area contributed by atoms with Gasteiger partial charge in [-0.25, -0.2) is 0 Å². The van der Waals surface area contributed by atoms with Crippen molar-refractivity contribution < 1.29 is 4.52 Å². The summed E-state index contributed by atoms with van der Waals surface area (Å²) in [6, 6.07) is 0. The van der Waals surface area contributed by atoms with Crippen LogP contribution < -0.4 is 5.73 Å². The maximum atomic E-state index is 5.60. The maximum absolute atomic E-state index is 5.60. The van der Waals surface area contributed by atoms with Crippen molar-refractivity contribution in [2.75, 3.05) is 5.73 Å². The topological polar surface area (TPSA) is 52.0 Å². The van der Waals surface area contributed by atoms with E-state index in [0.29, 0.717) is 5.69 Å². The molecule has 0 aliphatic carbocycles. The Labute approximate surface area is 72.9 Å². The molecule has 0 atom stereocenters. The third kappa shape index (κ3) is 2.57. The van der Waals surface area contributed by atoms with Gasteiger partial charge in [0.25, 0.3) is 0 Å². The highest BCUT2D eigenvalue weighted by Gasteiger charge is 2.02. The summed E-state index contributed by atoms with van der Waals surface area (Å²) in [4.78, 5) is 0. The highest BCUT2D eigenvalue weighted by Crippen LogP contribution is 2.13. The van der Waals surface area contributed by atoms with Gasteiger partial charge in [0.2, 0.25) is 0 Å². The Morgan fingerprint density at radius 3 is 2.83 bits per heavy atom. The summed E-state index contributed by atoms with van der Waals surface area (Å²) < 4.78 is 4.97. The number of hydrogen-bond donors (Lipinski definition) is 1. The predicted molar refractivity (Wildman–Crippen MR) is 48.8 cm³/mol. The molecular weight excluding hydrogens is 152 g/mol. The van der Waals surface area contributed by atoms with Gasteiger partial charge in [0.15, 0.2) is 5.76 Å². The third-order valence-electron chi connectivity index (χ3n) is 1.93. The molecule has 0 amide bonds. The second kappa shape index (κ2) is 4.80. The molecule has 0 unspecified atom stereocenters. The highest BCUT2D eigenvalue weighted by atomic mass is 16.5. The zero-order valence-corrected chi connectivity index (χ0v) is 7.55. The highest BCUT2D eigenvalue weighted by molar-refractivity contribution is 5.37. The molecule has 1 rings (SSSR count). The van der Waals surface area contributed by atoms with Gasteiger partial charge in [0.05, 0.1) is 11.9 Å². The summed E-state index contributed by atoms with van der Waals surface area (Å²) in [5.74, 6) is 0.839. The first kappa shape index (κ1) is 9.10. The molecule has 0 fully saturated rings. The Balaban J connectivity index is 2.20. The lowest BCUT2D eigenvalue weighted by Gasteiger charge is -1.96. The van der Waals surface area contributed by atoms with Gasteiger partial charge in [0, 0.05) is 6.42 Å². The van der Waals surface area contributed by atoms with Crippen LogP contribution in [0.5, 0.6) is 0 Å². The minimum Gasteiger partial charge on any atom is -0.395 e. The molecular formula is C9H16N2O. The van der Waals surface area contributed by atoms with Gasteiger partial charge in [-0.3, -0.25) is 0 Å². The van der Waals surface area contributed by atoms with Crippen molar-refractivity contribution in [1.29, 1.82) is 0 Å². The maximum Gasteiger partial charge on any atom is 0.159 e. The molecule has 1 aromatic rings. The van der Waals surface area contributed by atoms with Crippen LogP contribution in [0.4, 0.5) is 5.69 Å². The number of nitrogens with zero attached hydrogens (tertiary/aromatic N) is 1. The first-order valence-electron chi connectivity index (χ1n) is 4.53. The van der Waals surface area contributed by atoms with Crippen LogP contribution in [0, 0.1) is 0 Å². The number of rotatable bonds is 5. The van der Waals surface area contributed by atoms with Crippen LogP contribution in [0.15, 0.2) is 10.7 Å². The van der Waals surface area contributed by atoms with Gasteiger partial charge >= 0.3 is 0 Å². The van der Waals surface area contributed by atoms with Gasteiger partial charge < -0.3 is 10.3 Å². The SMILES string of the molecule is CCCCCCc1oncc1N. The van der Waals surface area contributed by atoms with Gasteiger partial charge in [-0.2, -0.15) is 0 Å². The van der Waals surface area contributed by atoms with Crippen LogP contribution in [-0.2, 0) is 6.42 Å². The van der Waals surface area contributed by atoms with E-state index in [4.69, 9.17) is 10.3 Å². The van der Waals surface area contributed by atoms with Crippen LogP contribution in [0.1, 0.15) is 38.4 Å². The average Bonchev–Trinajstić information content (AvgIpc) is 2.46. The summed E-state index contributed by atoms with van der Waals surface area (Å²) in [5, 5.41) is 3.62. The molecule has 1 heterocycles. The van der Waals surface area contributed by atoms with Crippen LogP contribution >= 0.6 is 0 Å². The molecule has 3 heteroatoms. The van der Waals surface area contributed by atoms with Gasteiger partial charge in [0.1, 0.15) is 0 Å². The normalized spacial score (nSPS) is 10.4. The van der Waals surface area contributed by atoms with Gasteiger partial charge in [-0.05, 0) is 6.42 Å². The molecule has 68 valence electrons. The van der Waals surface area contributed by atoms with E-state index in [2.05, 4.69) is 12.1 Å². The Bertz CT molecular complexity index is 220. The van der Waals surface area contributed by atoms with E-state index >= 15 is 0 Å². The summed E-state index contributed by atoms with van der Waals surface area (Å²) in [6.07, 6.45) is 7.42. The summed E-state index contributed by atoms with van der Waals surface area (Å²) in [7, 11) is 0. The Hall–Kier alpha value is -0.990. The number of unbranched alkanes of at least 4 members (excludes halogenated alkanes) is 3. The molecule has 0 spiro atoms. The van der Waals surface area contributed by atoms with Crippen molar-refractivity contribution in [2.24, 2.45) is 0 Å². The van der Waals surface area contributed by atoms with Crippen molar-refractivity contribution in [3.63, 3.8) is 0 Å². The van der Waals surface area contributed by atoms with E-state index in [-0.39, 0.29) is 0 Å². The monoisotopic (exact) mass is 168 g/mol. The minimum atomic E-state index is 0.687. The van der Waals surface area contributed by atoms with Crippen LogP contribution in [0.2, 0.25) is 0 Å². The van der Waals surface area contributed by atoms with E-state index in [1.807, 2.05) is 0 Å². The lowest BCUT2D eigenvalue weighted by Crippen LogP contribution is -1.89. The summed E-state index contributed by atoms with van der Waals surface area (Å²) >= 11 is 0. The van der Waals surface area contributed by atoms with Gasteiger partial charge in [-0.1, -0.05) is 31.3 Å². The predicted octanol–water partition coefficient (Wildman–Crippen LogP) is 2.38. The Morgan fingerprint density at radius 1 is 1.42 bits per heavy atom. The van der Waals surface area contributed by atoms with E-state index in [1.165, 1.54) is 19.3 Å². The second-order valence-electron chi connectivity index (χ2n) is 3.01. The standard InChI is InChI=1S/C9H16N2O/c1-2-3-4-5-6-9-8(10)7-11-12-9/h7H,2-6,10H2,1H3. The zero-order valence-electron chi connectivity index (χ0n) is 7.55. The molecule has 0 saturated heterocycles. The molecule has 1 aromatic heterocycles. The van der Waals surface area contributed by atoms with E-state index in [9.17, 15) is 0 Å². The quantitative estimate of drug-likeness (QED) is 0.687. The molecule has 0 radical (unpaired) electrons. The molecule has 0 aliphatic heterocycles. The molecule has 0 aliphatic rings. The first-order valence-corrected chi connectivity index (χ1v) is 4.53. The largest absolute Gasteiger partial charge is 0.395 e. The van der Waals surface area contributed by atoms with Gasteiger partial charge in [-0.15, -0.1) is 0 Å². The fourth-order valence-corrected chi connectivity index (χ4v) is 1.17. The first-order chi connectivity index (χ1) is 5.84. The van der Waals surface area contributed by atoms with Crippen molar-refractivity contribution in [3.8, 4) is 0 Å². The fraction of sp³-hybridized carbons (Fsp3) is 0.667. The average molecular weight is 168 g/mol. The zero-order chi connectivity index (χ0) is 8.81. The lowest BCUT2D eigenvalue weighted by molar-refractivity contribution is 0.379. The van der Waals surface area contributed by atoms with E-state index in [0.717, 1.165) is 18.6 Å². The van der Waals surface area contributed by atoms with Crippen LogP contribution in [0.25, 0.3) is 0 Å². The summed E-state index contributed by atoms with van der Waals surface area (Å²) in [5.41, 5.74) is 6.29. The Morgan fingerprint density at radius 2 is 2.25 bits per heavy atom.